The van der Waals surface area contributed by atoms with E-state index >= 15 is 0 Å². The topological polar surface area (TPSA) is 79.2 Å². The van der Waals surface area contributed by atoms with Crippen molar-refractivity contribution in [3.63, 3.8) is 0 Å². The van der Waals surface area contributed by atoms with Crippen LogP contribution in [0.1, 0.15) is 22.3 Å². The number of nitrogens with one attached hydrogen (secondary N) is 1. The first-order valence-electron chi connectivity index (χ1n) is 5.62. The van der Waals surface area contributed by atoms with Crippen LogP contribution >= 0.6 is 0 Å². The minimum atomic E-state index is -0.759. The number of ether oxygens (including phenoxy) is 1. The van der Waals surface area contributed by atoms with Gasteiger partial charge in [-0.2, -0.15) is 5.26 Å². The molecule has 0 heterocycles. The number of methoxy groups -OCH3 is 1. The molecule has 0 spiro atoms. The van der Waals surface area contributed by atoms with E-state index in [1.54, 1.807) is 0 Å². The fourth-order valence-corrected chi connectivity index (χ4v) is 1.46. The average molecular weight is 258 g/mol. The Bertz CT molecular complexity index is 514. The highest BCUT2D eigenvalue weighted by molar-refractivity contribution is 5.96. The standard InChI is InChI=1S/C14H14N2O3/c1-3-4-12(14(18)19-2)16-13(17)11-7-5-10(9-15)6-8-11/h3,5-8,12H,1,4H2,2H3,(H,16,17)/t12-/m0/s1. The highest BCUT2D eigenvalue weighted by Gasteiger charge is 2.20. The molecule has 0 aromatic heterocycles. The van der Waals surface area contributed by atoms with E-state index in [2.05, 4.69) is 16.6 Å². The van der Waals surface area contributed by atoms with Crippen molar-refractivity contribution in [3.8, 4) is 6.07 Å². The van der Waals surface area contributed by atoms with Crippen molar-refractivity contribution in [2.45, 2.75) is 12.5 Å². The second kappa shape index (κ2) is 6.97. The summed E-state index contributed by atoms with van der Waals surface area (Å²) >= 11 is 0. The van der Waals surface area contributed by atoms with E-state index in [1.165, 1.54) is 37.5 Å². The molecular weight excluding hydrogens is 244 g/mol. The minimum absolute atomic E-state index is 0.286. The van der Waals surface area contributed by atoms with E-state index in [1.807, 2.05) is 6.07 Å². The summed E-state index contributed by atoms with van der Waals surface area (Å²) in [7, 11) is 1.26. The molecule has 1 atom stereocenters. The first-order chi connectivity index (χ1) is 9.12. The normalized spacial score (nSPS) is 10.9. The number of rotatable bonds is 5. The van der Waals surface area contributed by atoms with Crippen LogP contribution in [0.15, 0.2) is 36.9 Å². The second-order valence-corrected chi connectivity index (χ2v) is 3.76. The largest absolute Gasteiger partial charge is 0.467 e. The van der Waals surface area contributed by atoms with Crippen LogP contribution in [-0.2, 0) is 9.53 Å². The maximum absolute atomic E-state index is 11.9. The molecule has 0 aliphatic heterocycles. The van der Waals surface area contributed by atoms with E-state index < -0.39 is 17.9 Å². The van der Waals surface area contributed by atoms with Gasteiger partial charge in [-0.15, -0.1) is 6.58 Å². The SMILES string of the molecule is C=CC[C@H](NC(=O)c1ccc(C#N)cc1)C(=O)OC. The molecule has 1 aromatic rings. The summed E-state index contributed by atoms with van der Waals surface area (Å²) in [4.78, 5) is 23.4. The molecule has 0 aliphatic rings. The highest BCUT2D eigenvalue weighted by atomic mass is 16.5. The Morgan fingerprint density at radius 3 is 2.58 bits per heavy atom. The molecule has 5 heteroatoms. The quantitative estimate of drug-likeness (QED) is 0.639. The van der Waals surface area contributed by atoms with Crippen molar-refractivity contribution in [2.24, 2.45) is 0 Å². The summed E-state index contributed by atoms with van der Waals surface area (Å²) in [5.41, 5.74) is 0.837. The molecule has 0 unspecified atom stereocenters. The Labute approximate surface area is 111 Å². The van der Waals surface area contributed by atoms with E-state index in [0.717, 1.165) is 0 Å². The van der Waals surface area contributed by atoms with Crippen molar-refractivity contribution < 1.29 is 14.3 Å². The highest BCUT2D eigenvalue weighted by Crippen LogP contribution is 2.05. The summed E-state index contributed by atoms with van der Waals surface area (Å²) in [6.45, 7) is 3.52. The van der Waals surface area contributed by atoms with E-state index in [0.29, 0.717) is 11.1 Å². The summed E-state index contributed by atoms with van der Waals surface area (Å²) < 4.78 is 4.59. The molecule has 0 bridgehead atoms. The molecule has 0 fully saturated rings. The van der Waals surface area contributed by atoms with Gasteiger partial charge in [-0.1, -0.05) is 6.08 Å². The molecule has 0 saturated carbocycles. The number of benzene rings is 1. The maximum Gasteiger partial charge on any atom is 0.328 e. The fraction of sp³-hybridized carbons (Fsp3) is 0.214. The Hall–Kier alpha value is -2.61. The average Bonchev–Trinajstić information content (AvgIpc) is 2.46. The van der Waals surface area contributed by atoms with Gasteiger partial charge in [-0.3, -0.25) is 4.79 Å². The minimum Gasteiger partial charge on any atom is -0.467 e. The molecular formula is C14H14N2O3. The number of amides is 1. The number of hydrogen-bond acceptors (Lipinski definition) is 4. The van der Waals surface area contributed by atoms with Crippen LogP contribution < -0.4 is 5.32 Å². The Morgan fingerprint density at radius 1 is 1.47 bits per heavy atom. The lowest BCUT2D eigenvalue weighted by atomic mass is 10.1. The van der Waals surface area contributed by atoms with Gasteiger partial charge in [0, 0.05) is 5.56 Å². The Balaban J connectivity index is 2.78. The van der Waals surface area contributed by atoms with Gasteiger partial charge in [0.1, 0.15) is 6.04 Å². The van der Waals surface area contributed by atoms with Crippen LogP contribution in [0.3, 0.4) is 0 Å². The van der Waals surface area contributed by atoms with Gasteiger partial charge < -0.3 is 10.1 Å². The third-order valence-electron chi connectivity index (χ3n) is 2.47. The zero-order valence-corrected chi connectivity index (χ0v) is 10.6. The number of nitriles is 1. The van der Waals surface area contributed by atoms with Gasteiger partial charge in [0.2, 0.25) is 0 Å². The maximum atomic E-state index is 11.9. The molecule has 19 heavy (non-hydrogen) atoms. The zero-order valence-electron chi connectivity index (χ0n) is 10.6. The molecule has 0 aliphatic carbocycles. The van der Waals surface area contributed by atoms with Gasteiger partial charge >= 0.3 is 5.97 Å². The molecule has 1 aromatic carbocycles. The second-order valence-electron chi connectivity index (χ2n) is 3.76. The van der Waals surface area contributed by atoms with Crippen molar-refractivity contribution in [3.05, 3.63) is 48.0 Å². The zero-order chi connectivity index (χ0) is 14.3. The first kappa shape index (κ1) is 14.5. The van der Waals surface area contributed by atoms with Crippen LogP contribution in [0.5, 0.6) is 0 Å². The fourth-order valence-electron chi connectivity index (χ4n) is 1.46. The van der Waals surface area contributed by atoms with Crippen LogP contribution in [0.4, 0.5) is 0 Å². The lowest BCUT2D eigenvalue weighted by Gasteiger charge is -2.14. The van der Waals surface area contributed by atoms with Gasteiger partial charge in [-0.05, 0) is 30.7 Å². The predicted molar refractivity (Wildman–Crippen MR) is 69.2 cm³/mol. The third kappa shape index (κ3) is 3.96. The van der Waals surface area contributed by atoms with Crippen LogP contribution in [0.2, 0.25) is 0 Å². The summed E-state index contributed by atoms with van der Waals surface area (Å²) in [5, 5.41) is 11.2. The molecule has 1 amide bonds. The molecule has 5 nitrogen and oxygen atoms in total. The number of hydrogen-bond donors (Lipinski definition) is 1. The monoisotopic (exact) mass is 258 g/mol. The van der Waals surface area contributed by atoms with Gasteiger partial charge in [-0.25, -0.2) is 4.79 Å². The predicted octanol–water partition coefficient (Wildman–Crippen LogP) is 1.41. The molecule has 0 saturated heterocycles. The van der Waals surface area contributed by atoms with Gasteiger partial charge in [0.25, 0.3) is 5.91 Å². The lowest BCUT2D eigenvalue weighted by molar-refractivity contribution is -0.142. The summed E-state index contributed by atoms with van der Waals surface area (Å²) in [6, 6.07) is 7.33. The van der Waals surface area contributed by atoms with E-state index in [9.17, 15) is 9.59 Å². The van der Waals surface area contributed by atoms with Crippen LogP contribution in [0.25, 0.3) is 0 Å². The van der Waals surface area contributed by atoms with Gasteiger partial charge in [0.05, 0.1) is 18.7 Å². The molecule has 0 radical (unpaired) electrons. The van der Waals surface area contributed by atoms with Crippen LogP contribution in [0, 0.1) is 11.3 Å². The third-order valence-corrected chi connectivity index (χ3v) is 2.47. The lowest BCUT2D eigenvalue weighted by Crippen LogP contribution is -2.41. The summed E-state index contributed by atoms with van der Waals surface area (Å²) in [6.07, 6.45) is 1.81. The van der Waals surface area contributed by atoms with Crippen molar-refractivity contribution in [2.75, 3.05) is 7.11 Å². The number of carbonyl (C=O) groups is 2. The first-order valence-corrected chi connectivity index (χ1v) is 5.62. The van der Waals surface area contributed by atoms with Crippen molar-refractivity contribution in [1.82, 2.24) is 5.32 Å². The molecule has 1 N–H and O–H groups in total. The summed E-state index contributed by atoms with van der Waals surface area (Å²) in [5.74, 6) is -0.927. The molecule has 98 valence electrons. The van der Waals surface area contributed by atoms with Crippen molar-refractivity contribution in [1.29, 1.82) is 5.26 Å². The van der Waals surface area contributed by atoms with Crippen LogP contribution in [-0.4, -0.2) is 25.0 Å². The Morgan fingerprint density at radius 2 is 2.11 bits per heavy atom. The van der Waals surface area contributed by atoms with Crippen molar-refractivity contribution >= 4 is 11.9 Å². The smallest absolute Gasteiger partial charge is 0.328 e. The Kier molecular flexibility index (Phi) is 5.30. The van der Waals surface area contributed by atoms with E-state index in [-0.39, 0.29) is 6.42 Å². The van der Waals surface area contributed by atoms with E-state index in [4.69, 9.17) is 5.26 Å². The number of esters is 1. The van der Waals surface area contributed by atoms with Gasteiger partial charge in [0.15, 0.2) is 0 Å². The number of carbonyl (C=O) groups excluding carboxylic acids is 2. The molecule has 1 rings (SSSR count). The number of nitrogens with zero attached hydrogens (tertiary/aromatic N) is 1.